The van der Waals surface area contributed by atoms with Crippen LogP contribution in [0.3, 0.4) is 0 Å². The summed E-state index contributed by atoms with van der Waals surface area (Å²) >= 11 is 7.29. The number of carbonyl (C=O) groups is 2. The molecular formula is C20H24ClNO3S. The van der Waals surface area contributed by atoms with Crippen molar-refractivity contribution in [2.24, 2.45) is 0 Å². The van der Waals surface area contributed by atoms with Crippen LogP contribution in [0.15, 0.2) is 29.6 Å². The van der Waals surface area contributed by atoms with Gasteiger partial charge in [0, 0.05) is 22.4 Å². The van der Waals surface area contributed by atoms with Crippen LogP contribution in [0, 0.1) is 0 Å². The van der Waals surface area contributed by atoms with Crippen molar-refractivity contribution in [3.8, 4) is 11.1 Å². The van der Waals surface area contributed by atoms with Gasteiger partial charge in [-0.2, -0.15) is 0 Å². The molecule has 0 saturated carbocycles. The summed E-state index contributed by atoms with van der Waals surface area (Å²) in [6.45, 7) is 4.17. The molecule has 0 bridgehead atoms. The summed E-state index contributed by atoms with van der Waals surface area (Å²) in [5, 5.41) is 5.91. The van der Waals surface area contributed by atoms with Gasteiger partial charge in [-0.25, -0.2) is 4.79 Å². The molecule has 26 heavy (non-hydrogen) atoms. The average molecular weight is 394 g/mol. The Balaban J connectivity index is 2.21. The van der Waals surface area contributed by atoms with Crippen LogP contribution < -0.4 is 5.32 Å². The minimum atomic E-state index is -0.431. The maximum absolute atomic E-state index is 12.5. The molecular weight excluding hydrogens is 370 g/mol. The van der Waals surface area contributed by atoms with Gasteiger partial charge in [0.25, 0.3) is 0 Å². The lowest BCUT2D eigenvalue weighted by Crippen LogP contribution is -2.14. The molecule has 1 N–H and O–H groups in total. The van der Waals surface area contributed by atoms with Crippen LogP contribution in [-0.4, -0.2) is 18.5 Å². The number of halogens is 1. The zero-order valence-electron chi connectivity index (χ0n) is 15.1. The number of hydrogen-bond acceptors (Lipinski definition) is 4. The van der Waals surface area contributed by atoms with Crippen LogP contribution in [0.25, 0.3) is 11.1 Å². The zero-order chi connectivity index (χ0) is 18.9. The Morgan fingerprint density at radius 3 is 2.50 bits per heavy atom. The van der Waals surface area contributed by atoms with Gasteiger partial charge in [0.2, 0.25) is 5.91 Å². The predicted molar refractivity (Wildman–Crippen MR) is 108 cm³/mol. The molecule has 0 aliphatic carbocycles. The third-order valence-corrected chi connectivity index (χ3v) is 5.08. The maximum atomic E-state index is 12.5. The van der Waals surface area contributed by atoms with Crippen molar-refractivity contribution in [3.05, 3.63) is 40.2 Å². The van der Waals surface area contributed by atoms with Crippen molar-refractivity contribution in [1.82, 2.24) is 0 Å². The summed E-state index contributed by atoms with van der Waals surface area (Å²) < 4.78 is 5.20. The fraction of sp³-hybridized carbons (Fsp3) is 0.400. The molecule has 140 valence electrons. The number of carbonyl (C=O) groups excluding carboxylic acids is 2. The molecule has 0 unspecified atom stereocenters. The van der Waals surface area contributed by atoms with Crippen molar-refractivity contribution in [1.29, 1.82) is 0 Å². The molecule has 1 heterocycles. The Labute approximate surface area is 163 Å². The van der Waals surface area contributed by atoms with Gasteiger partial charge >= 0.3 is 5.97 Å². The topological polar surface area (TPSA) is 55.4 Å². The number of anilines is 1. The average Bonchev–Trinajstić information content (AvgIpc) is 3.03. The first kappa shape index (κ1) is 20.5. The first-order valence-electron chi connectivity index (χ1n) is 8.91. The molecule has 4 nitrogen and oxygen atoms in total. The molecule has 0 saturated heterocycles. The second kappa shape index (κ2) is 10.3. The molecule has 0 spiro atoms. The number of hydrogen-bond donors (Lipinski definition) is 1. The lowest BCUT2D eigenvalue weighted by atomic mass is 10.0. The van der Waals surface area contributed by atoms with Gasteiger partial charge < -0.3 is 10.1 Å². The highest BCUT2D eigenvalue weighted by Gasteiger charge is 2.22. The normalized spacial score (nSPS) is 10.6. The van der Waals surface area contributed by atoms with Crippen LogP contribution in [0.1, 0.15) is 56.3 Å². The van der Waals surface area contributed by atoms with Crippen molar-refractivity contribution in [2.45, 2.75) is 46.0 Å². The molecule has 0 fully saturated rings. The van der Waals surface area contributed by atoms with Crippen molar-refractivity contribution in [3.63, 3.8) is 0 Å². The molecule has 1 aromatic carbocycles. The second-order valence-corrected chi connectivity index (χ2v) is 7.26. The van der Waals surface area contributed by atoms with Gasteiger partial charge in [-0.3, -0.25) is 4.79 Å². The number of nitrogens with one attached hydrogen (secondary N) is 1. The van der Waals surface area contributed by atoms with E-state index in [1.807, 2.05) is 17.5 Å². The quantitative estimate of drug-likeness (QED) is 0.410. The molecule has 1 amide bonds. The summed E-state index contributed by atoms with van der Waals surface area (Å²) in [4.78, 5) is 24.7. The number of ether oxygens (including phenoxy) is 1. The van der Waals surface area contributed by atoms with E-state index >= 15 is 0 Å². The zero-order valence-corrected chi connectivity index (χ0v) is 16.7. The van der Waals surface area contributed by atoms with E-state index in [1.54, 1.807) is 19.1 Å². The molecule has 0 atom stereocenters. The summed E-state index contributed by atoms with van der Waals surface area (Å²) in [5.41, 5.74) is 2.00. The SMILES string of the molecule is CCCCCCC(=O)Nc1scc(-c2ccc(Cl)cc2)c1C(=O)OCC. The van der Waals surface area contributed by atoms with Crippen molar-refractivity contribution in [2.75, 3.05) is 11.9 Å². The lowest BCUT2D eigenvalue weighted by Gasteiger charge is -2.09. The molecule has 2 rings (SSSR count). The molecule has 0 aliphatic heterocycles. The number of thiophene rings is 1. The summed E-state index contributed by atoms with van der Waals surface area (Å²) in [6.07, 6.45) is 4.60. The van der Waals surface area contributed by atoms with Crippen molar-refractivity contribution < 1.29 is 14.3 Å². The Kier molecular flexibility index (Phi) is 8.13. The lowest BCUT2D eigenvalue weighted by molar-refractivity contribution is -0.116. The van der Waals surface area contributed by atoms with Crippen LogP contribution >= 0.6 is 22.9 Å². The highest BCUT2D eigenvalue weighted by molar-refractivity contribution is 7.15. The Bertz CT molecular complexity index is 740. The van der Waals surface area contributed by atoms with E-state index in [1.165, 1.54) is 11.3 Å². The first-order valence-corrected chi connectivity index (χ1v) is 10.2. The third-order valence-electron chi connectivity index (χ3n) is 3.94. The number of amides is 1. The molecule has 6 heteroatoms. The van der Waals surface area contributed by atoms with E-state index in [0.717, 1.165) is 36.8 Å². The largest absolute Gasteiger partial charge is 0.462 e. The fourth-order valence-corrected chi connectivity index (χ4v) is 3.70. The number of esters is 1. The number of unbranched alkanes of at least 4 members (excludes halogenated alkanes) is 3. The highest BCUT2D eigenvalue weighted by Crippen LogP contribution is 2.36. The first-order chi connectivity index (χ1) is 12.6. The predicted octanol–water partition coefficient (Wildman–Crippen LogP) is 6.15. The molecule has 1 aromatic heterocycles. The van der Waals surface area contributed by atoms with Gasteiger partial charge in [0.05, 0.1) is 6.61 Å². The summed E-state index contributed by atoms with van der Waals surface area (Å²) in [7, 11) is 0. The standard InChI is InChI=1S/C20H24ClNO3S/c1-3-5-6-7-8-17(23)22-19-18(20(24)25-4-2)16(13-26-19)14-9-11-15(21)12-10-14/h9-13H,3-8H2,1-2H3,(H,22,23). The molecule has 2 aromatic rings. The smallest absolute Gasteiger partial charge is 0.341 e. The van der Waals surface area contributed by atoms with Crippen LogP contribution in [0.4, 0.5) is 5.00 Å². The van der Waals surface area contributed by atoms with E-state index in [9.17, 15) is 9.59 Å². The van der Waals surface area contributed by atoms with Crippen LogP contribution in [0.5, 0.6) is 0 Å². The van der Waals surface area contributed by atoms with Gasteiger partial charge in [-0.05, 0) is 31.0 Å². The minimum absolute atomic E-state index is 0.0730. The van der Waals surface area contributed by atoms with E-state index in [4.69, 9.17) is 16.3 Å². The second-order valence-electron chi connectivity index (χ2n) is 5.94. The fourth-order valence-electron chi connectivity index (χ4n) is 2.60. The van der Waals surface area contributed by atoms with Gasteiger partial charge in [-0.15, -0.1) is 11.3 Å². The summed E-state index contributed by atoms with van der Waals surface area (Å²) in [5.74, 6) is -0.504. The Morgan fingerprint density at radius 1 is 1.12 bits per heavy atom. The number of rotatable bonds is 9. The van der Waals surface area contributed by atoms with Gasteiger partial charge in [0.15, 0.2) is 0 Å². The summed E-state index contributed by atoms with van der Waals surface area (Å²) in [6, 6.07) is 7.25. The van der Waals surface area contributed by atoms with Crippen LogP contribution in [-0.2, 0) is 9.53 Å². The van der Waals surface area contributed by atoms with E-state index < -0.39 is 5.97 Å². The van der Waals surface area contributed by atoms with Crippen LogP contribution in [0.2, 0.25) is 5.02 Å². The molecule has 0 aliphatic rings. The van der Waals surface area contributed by atoms with Gasteiger partial charge in [-0.1, -0.05) is 49.9 Å². The van der Waals surface area contributed by atoms with E-state index in [2.05, 4.69) is 12.2 Å². The number of benzene rings is 1. The van der Waals surface area contributed by atoms with Gasteiger partial charge in [0.1, 0.15) is 10.6 Å². The Morgan fingerprint density at radius 2 is 1.85 bits per heavy atom. The van der Waals surface area contributed by atoms with E-state index in [0.29, 0.717) is 22.0 Å². The maximum Gasteiger partial charge on any atom is 0.341 e. The van der Waals surface area contributed by atoms with Crippen molar-refractivity contribution >= 4 is 39.8 Å². The van der Waals surface area contributed by atoms with E-state index in [-0.39, 0.29) is 12.5 Å². The monoisotopic (exact) mass is 393 g/mol. The third kappa shape index (κ3) is 5.58. The minimum Gasteiger partial charge on any atom is -0.462 e. The molecule has 0 radical (unpaired) electrons. The highest BCUT2D eigenvalue weighted by atomic mass is 35.5. The Hall–Kier alpha value is -1.85.